The summed E-state index contributed by atoms with van der Waals surface area (Å²) in [6.07, 6.45) is 6.79. The smallest absolute Gasteiger partial charge is 0.257 e. The van der Waals surface area contributed by atoms with Crippen LogP contribution in [-0.2, 0) is 0 Å². The van der Waals surface area contributed by atoms with E-state index in [0.717, 1.165) is 5.39 Å². The minimum Gasteiger partial charge on any atom is -0.336 e. The third-order valence-corrected chi connectivity index (χ3v) is 3.06. The number of nitrogens with one attached hydrogen (secondary N) is 1. The number of terminal acetylenes is 1. The van der Waals surface area contributed by atoms with Crippen molar-refractivity contribution >= 4 is 22.7 Å². The Bertz CT molecular complexity index is 875. The lowest BCUT2D eigenvalue weighted by atomic mass is 10.2. The molecule has 0 aliphatic rings. The lowest BCUT2D eigenvalue weighted by molar-refractivity contribution is 0.102. The Morgan fingerprint density at radius 3 is 3.05 bits per heavy atom. The maximum Gasteiger partial charge on any atom is 0.257 e. The second-order valence-corrected chi connectivity index (χ2v) is 4.52. The second kappa shape index (κ2) is 5.10. The molecule has 0 bridgehead atoms. The first-order chi connectivity index (χ1) is 10.2. The summed E-state index contributed by atoms with van der Waals surface area (Å²) >= 11 is 0. The summed E-state index contributed by atoms with van der Waals surface area (Å²) in [5, 5.41) is 7.32. The monoisotopic (exact) mass is 277 g/mol. The average molecular weight is 277 g/mol. The molecule has 0 atom stereocenters. The summed E-state index contributed by atoms with van der Waals surface area (Å²) in [6.45, 7) is 1.80. The van der Waals surface area contributed by atoms with Gasteiger partial charge in [0.1, 0.15) is 0 Å². The number of anilines is 1. The summed E-state index contributed by atoms with van der Waals surface area (Å²) < 4.78 is 5.02. The van der Waals surface area contributed by atoms with Gasteiger partial charge in [-0.3, -0.25) is 4.79 Å². The predicted octanol–water partition coefficient (Wildman–Crippen LogP) is 2.76. The van der Waals surface area contributed by atoms with Crippen molar-refractivity contribution in [3.63, 3.8) is 0 Å². The molecule has 0 fully saturated rings. The number of rotatable bonds is 2. The average Bonchev–Trinajstić information content (AvgIpc) is 2.88. The normalized spacial score (nSPS) is 10.3. The van der Waals surface area contributed by atoms with E-state index in [1.165, 1.54) is 6.20 Å². The summed E-state index contributed by atoms with van der Waals surface area (Å²) in [5.74, 6) is 2.26. The van der Waals surface area contributed by atoms with E-state index in [2.05, 4.69) is 21.4 Å². The first-order valence-electron chi connectivity index (χ1n) is 6.27. The van der Waals surface area contributed by atoms with E-state index in [1.54, 1.807) is 37.3 Å². The molecule has 0 aliphatic carbocycles. The van der Waals surface area contributed by atoms with Gasteiger partial charge in [0.05, 0.1) is 16.6 Å². The Morgan fingerprint density at radius 2 is 2.24 bits per heavy atom. The molecule has 5 nitrogen and oxygen atoms in total. The van der Waals surface area contributed by atoms with Gasteiger partial charge in [0.25, 0.3) is 11.6 Å². The number of fused-ring (bicyclic) bond motifs is 1. The second-order valence-electron chi connectivity index (χ2n) is 4.52. The van der Waals surface area contributed by atoms with Crippen molar-refractivity contribution in [3.8, 4) is 12.3 Å². The van der Waals surface area contributed by atoms with Crippen molar-refractivity contribution in [2.45, 2.75) is 6.92 Å². The van der Waals surface area contributed by atoms with Crippen molar-refractivity contribution in [1.29, 1.82) is 0 Å². The van der Waals surface area contributed by atoms with Gasteiger partial charge in [-0.05, 0) is 31.2 Å². The van der Waals surface area contributed by atoms with E-state index in [4.69, 9.17) is 10.9 Å². The highest BCUT2D eigenvalue weighted by atomic mass is 16.5. The third kappa shape index (κ3) is 2.47. The van der Waals surface area contributed by atoms with E-state index in [-0.39, 0.29) is 5.91 Å². The van der Waals surface area contributed by atoms with Crippen LogP contribution in [0.1, 0.15) is 21.6 Å². The minimum absolute atomic E-state index is 0.265. The van der Waals surface area contributed by atoms with Gasteiger partial charge in [0, 0.05) is 17.4 Å². The summed E-state index contributed by atoms with van der Waals surface area (Å²) in [6, 6.07) is 8.79. The SMILES string of the molecule is C#Cc1cccc(NC(=O)c2cnc3onc(C)c3c2)c1. The van der Waals surface area contributed by atoms with Gasteiger partial charge in [-0.15, -0.1) is 6.42 Å². The highest BCUT2D eigenvalue weighted by Gasteiger charge is 2.11. The van der Waals surface area contributed by atoms with E-state index in [0.29, 0.717) is 28.2 Å². The summed E-state index contributed by atoms with van der Waals surface area (Å²) in [4.78, 5) is 16.3. The highest BCUT2D eigenvalue weighted by molar-refractivity contribution is 6.05. The molecule has 1 aromatic carbocycles. The molecule has 102 valence electrons. The molecular weight excluding hydrogens is 266 g/mol. The van der Waals surface area contributed by atoms with Gasteiger partial charge in [-0.25, -0.2) is 4.98 Å². The molecule has 0 aliphatic heterocycles. The Balaban J connectivity index is 1.89. The lowest BCUT2D eigenvalue weighted by Crippen LogP contribution is -2.12. The fourth-order valence-corrected chi connectivity index (χ4v) is 1.96. The number of benzene rings is 1. The van der Waals surface area contributed by atoms with Gasteiger partial charge in [0.2, 0.25) is 0 Å². The number of carbonyl (C=O) groups excluding carboxylic acids is 1. The lowest BCUT2D eigenvalue weighted by Gasteiger charge is -2.05. The Hall–Kier alpha value is -3.13. The number of aromatic nitrogens is 2. The van der Waals surface area contributed by atoms with Gasteiger partial charge in [-0.2, -0.15) is 0 Å². The first-order valence-corrected chi connectivity index (χ1v) is 6.27. The summed E-state index contributed by atoms with van der Waals surface area (Å²) in [7, 11) is 0. The molecule has 0 spiro atoms. The molecule has 0 saturated heterocycles. The number of hydrogen-bond donors (Lipinski definition) is 1. The number of amides is 1. The van der Waals surface area contributed by atoms with E-state index in [1.807, 2.05) is 0 Å². The van der Waals surface area contributed by atoms with Crippen molar-refractivity contribution < 1.29 is 9.32 Å². The van der Waals surface area contributed by atoms with Gasteiger partial charge in [-0.1, -0.05) is 17.1 Å². The van der Waals surface area contributed by atoms with Crippen LogP contribution in [0.25, 0.3) is 11.1 Å². The number of hydrogen-bond acceptors (Lipinski definition) is 4. The molecule has 1 N–H and O–H groups in total. The maximum atomic E-state index is 12.2. The van der Waals surface area contributed by atoms with E-state index >= 15 is 0 Å². The summed E-state index contributed by atoms with van der Waals surface area (Å²) in [5.41, 5.74) is 2.88. The van der Waals surface area contributed by atoms with Crippen molar-refractivity contribution in [1.82, 2.24) is 10.1 Å². The maximum absolute atomic E-state index is 12.2. The Morgan fingerprint density at radius 1 is 1.38 bits per heavy atom. The molecule has 2 heterocycles. The molecular formula is C16H11N3O2. The molecule has 0 saturated carbocycles. The molecule has 2 aromatic heterocycles. The zero-order chi connectivity index (χ0) is 14.8. The zero-order valence-corrected chi connectivity index (χ0v) is 11.3. The fraction of sp³-hybridized carbons (Fsp3) is 0.0625. The van der Waals surface area contributed by atoms with Gasteiger partial charge < -0.3 is 9.84 Å². The zero-order valence-electron chi connectivity index (χ0n) is 11.3. The Labute approximate surface area is 121 Å². The number of pyridine rings is 1. The molecule has 0 unspecified atom stereocenters. The van der Waals surface area contributed by atoms with Crippen molar-refractivity contribution in [3.05, 3.63) is 53.3 Å². The van der Waals surface area contributed by atoms with Crippen LogP contribution in [0.3, 0.4) is 0 Å². The van der Waals surface area contributed by atoms with Crippen molar-refractivity contribution in [2.75, 3.05) is 5.32 Å². The number of aryl methyl sites for hydroxylation is 1. The molecule has 0 radical (unpaired) electrons. The molecule has 3 rings (SSSR count). The fourth-order valence-electron chi connectivity index (χ4n) is 1.96. The van der Waals surface area contributed by atoms with Crippen LogP contribution in [-0.4, -0.2) is 16.0 Å². The first kappa shape index (κ1) is 12.9. The van der Waals surface area contributed by atoms with E-state index < -0.39 is 0 Å². The molecule has 1 amide bonds. The quantitative estimate of drug-likeness (QED) is 0.731. The largest absolute Gasteiger partial charge is 0.336 e. The molecule has 3 aromatic rings. The van der Waals surface area contributed by atoms with Crippen LogP contribution in [0.4, 0.5) is 5.69 Å². The van der Waals surface area contributed by atoms with E-state index in [9.17, 15) is 4.79 Å². The van der Waals surface area contributed by atoms with Crippen LogP contribution < -0.4 is 5.32 Å². The van der Waals surface area contributed by atoms with Crippen LogP contribution in [0.5, 0.6) is 0 Å². The topological polar surface area (TPSA) is 68.0 Å². The van der Waals surface area contributed by atoms with Crippen LogP contribution >= 0.6 is 0 Å². The third-order valence-electron chi connectivity index (χ3n) is 3.06. The van der Waals surface area contributed by atoms with Crippen LogP contribution in [0.15, 0.2) is 41.1 Å². The highest BCUT2D eigenvalue weighted by Crippen LogP contribution is 2.18. The van der Waals surface area contributed by atoms with Gasteiger partial charge >= 0.3 is 0 Å². The minimum atomic E-state index is -0.265. The number of nitrogens with zero attached hydrogens (tertiary/aromatic N) is 2. The van der Waals surface area contributed by atoms with Crippen LogP contribution in [0, 0.1) is 19.3 Å². The van der Waals surface area contributed by atoms with Crippen molar-refractivity contribution in [2.24, 2.45) is 0 Å². The van der Waals surface area contributed by atoms with Crippen LogP contribution in [0.2, 0.25) is 0 Å². The standard InChI is InChI=1S/C16H11N3O2/c1-3-11-5-4-6-13(7-11)18-15(20)12-8-14-10(2)19-21-16(14)17-9-12/h1,4-9H,2H3,(H,18,20). The predicted molar refractivity (Wildman–Crippen MR) is 78.9 cm³/mol. The Kier molecular flexibility index (Phi) is 3.13. The molecule has 21 heavy (non-hydrogen) atoms. The van der Waals surface area contributed by atoms with Gasteiger partial charge in [0.15, 0.2) is 0 Å². The number of carbonyl (C=O) groups is 1. The molecule has 5 heteroatoms.